The monoisotopic (exact) mass is 201 g/mol. The molecule has 0 bridgehead atoms. The molecule has 0 aliphatic heterocycles. The minimum absolute atomic E-state index is 0.262. The van der Waals surface area contributed by atoms with Gasteiger partial charge in [0.1, 0.15) is 0 Å². The first kappa shape index (κ1) is 9.93. The number of hydrogen-bond donors (Lipinski definition) is 2. The minimum Gasteiger partial charge on any atom is -0.380 e. The predicted molar refractivity (Wildman–Crippen MR) is 63.9 cm³/mol. The van der Waals surface area contributed by atoms with Crippen LogP contribution in [0.25, 0.3) is 10.9 Å². The maximum Gasteiger partial charge on any atom is 0.0933 e. The van der Waals surface area contributed by atoms with E-state index in [1.54, 1.807) is 6.20 Å². The zero-order chi connectivity index (χ0) is 10.7. The van der Waals surface area contributed by atoms with Crippen LogP contribution in [-0.2, 0) is 0 Å². The van der Waals surface area contributed by atoms with E-state index in [-0.39, 0.29) is 6.04 Å². The molecule has 0 saturated heterocycles. The molecule has 78 valence electrons. The summed E-state index contributed by atoms with van der Waals surface area (Å²) in [6.45, 7) is 2.67. The van der Waals surface area contributed by atoms with Gasteiger partial charge in [-0.2, -0.15) is 0 Å². The molecule has 2 aromatic rings. The molecule has 1 unspecified atom stereocenters. The van der Waals surface area contributed by atoms with Gasteiger partial charge in [-0.3, -0.25) is 4.98 Å². The average molecular weight is 201 g/mol. The molecular weight excluding hydrogens is 186 g/mol. The number of nitrogens with zero attached hydrogens (tertiary/aromatic N) is 1. The number of rotatable bonds is 3. The van der Waals surface area contributed by atoms with E-state index in [2.05, 4.69) is 29.4 Å². The Morgan fingerprint density at radius 3 is 2.93 bits per heavy atom. The van der Waals surface area contributed by atoms with E-state index in [0.717, 1.165) is 16.6 Å². The van der Waals surface area contributed by atoms with E-state index in [9.17, 15) is 0 Å². The highest BCUT2D eigenvalue weighted by atomic mass is 14.9. The fourth-order valence-electron chi connectivity index (χ4n) is 1.55. The summed E-state index contributed by atoms with van der Waals surface area (Å²) in [7, 11) is 0. The van der Waals surface area contributed by atoms with Crippen molar-refractivity contribution < 1.29 is 0 Å². The summed E-state index contributed by atoms with van der Waals surface area (Å²) >= 11 is 0. The maximum atomic E-state index is 5.58. The lowest BCUT2D eigenvalue weighted by Crippen LogP contribution is -2.25. The van der Waals surface area contributed by atoms with Crippen molar-refractivity contribution in [3.63, 3.8) is 0 Å². The Morgan fingerprint density at radius 2 is 2.13 bits per heavy atom. The molecule has 1 atom stereocenters. The zero-order valence-corrected chi connectivity index (χ0v) is 8.77. The molecule has 0 saturated carbocycles. The van der Waals surface area contributed by atoms with Crippen LogP contribution in [0.5, 0.6) is 0 Å². The molecule has 3 N–H and O–H groups in total. The highest BCUT2D eigenvalue weighted by Crippen LogP contribution is 2.20. The molecule has 0 spiro atoms. The molecule has 1 heterocycles. The van der Waals surface area contributed by atoms with Crippen LogP contribution in [-0.4, -0.2) is 17.6 Å². The summed E-state index contributed by atoms with van der Waals surface area (Å²) in [4.78, 5) is 4.37. The summed E-state index contributed by atoms with van der Waals surface area (Å²) in [5.41, 5.74) is 7.63. The largest absolute Gasteiger partial charge is 0.380 e. The van der Waals surface area contributed by atoms with Crippen molar-refractivity contribution >= 4 is 16.6 Å². The third-order valence-electron chi connectivity index (χ3n) is 2.39. The van der Waals surface area contributed by atoms with Gasteiger partial charge in [0, 0.05) is 24.2 Å². The first-order valence-electron chi connectivity index (χ1n) is 5.11. The molecule has 1 aromatic heterocycles. The minimum atomic E-state index is 0.262. The number of nitrogens with two attached hydrogens (primary N) is 1. The van der Waals surface area contributed by atoms with Crippen LogP contribution in [0.15, 0.2) is 36.5 Å². The van der Waals surface area contributed by atoms with Crippen LogP contribution in [0.3, 0.4) is 0 Å². The zero-order valence-electron chi connectivity index (χ0n) is 8.77. The second-order valence-electron chi connectivity index (χ2n) is 3.66. The fourth-order valence-corrected chi connectivity index (χ4v) is 1.55. The summed E-state index contributed by atoms with van der Waals surface area (Å²) in [5.74, 6) is 0. The van der Waals surface area contributed by atoms with Gasteiger partial charge in [-0.1, -0.05) is 18.2 Å². The third kappa shape index (κ3) is 2.07. The van der Waals surface area contributed by atoms with Gasteiger partial charge in [-0.15, -0.1) is 0 Å². The molecule has 15 heavy (non-hydrogen) atoms. The van der Waals surface area contributed by atoms with Gasteiger partial charge >= 0.3 is 0 Å². The molecule has 0 radical (unpaired) electrons. The van der Waals surface area contributed by atoms with Gasteiger partial charge in [0.2, 0.25) is 0 Å². The van der Waals surface area contributed by atoms with E-state index in [1.807, 2.05) is 18.2 Å². The second kappa shape index (κ2) is 4.28. The number of nitrogens with one attached hydrogen (secondary N) is 1. The van der Waals surface area contributed by atoms with Crippen LogP contribution in [0.2, 0.25) is 0 Å². The lowest BCUT2D eigenvalue weighted by Gasteiger charge is -2.14. The normalized spacial score (nSPS) is 12.7. The molecule has 0 amide bonds. The van der Waals surface area contributed by atoms with Gasteiger partial charge < -0.3 is 11.1 Å². The van der Waals surface area contributed by atoms with Crippen LogP contribution >= 0.6 is 0 Å². The second-order valence-corrected chi connectivity index (χ2v) is 3.66. The highest BCUT2D eigenvalue weighted by molar-refractivity contribution is 5.90. The molecular formula is C12H15N3. The Balaban J connectivity index is 2.42. The van der Waals surface area contributed by atoms with Gasteiger partial charge in [-0.05, 0) is 19.1 Å². The number of hydrogen-bond acceptors (Lipinski definition) is 3. The number of benzene rings is 1. The molecule has 0 aliphatic rings. The van der Waals surface area contributed by atoms with Gasteiger partial charge in [0.25, 0.3) is 0 Å². The summed E-state index contributed by atoms with van der Waals surface area (Å²) in [6.07, 6.45) is 1.81. The first-order valence-corrected chi connectivity index (χ1v) is 5.11. The van der Waals surface area contributed by atoms with Crippen molar-refractivity contribution in [3.8, 4) is 0 Å². The van der Waals surface area contributed by atoms with Crippen molar-refractivity contribution in [3.05, 3.63) is 36.5 Å². The Kier molecular flexibility index (Phi) is 2.83. The van der Waals surface area contributed by atoms with E-state index >= 15 is 0 Å². The van der Waals surface area contributed by atoms with Crippen LogP contribution in [0, 0.1) is 0 Å². The Bertz CT molecular complexity index is 448. The predicted octanol–water partition coefficient (Wildman–Crippen LogP) is 1.99. The Hall–Kier alpha value is -1.61. The van der Waals surface area contributed by atoms with Gasteiger partial charge in [-0.25, -0.2) is 0 Å². The van der Waals surface area contributed by atoms with Gasteiger partial charge in [0.15, 0.2) is 0 Å². The Labute approximate surface area is 89.3 Å². The van der Waals surface area contributed by atoms with Crippen LogP contribution in [0.1, 0.15) is 6.92 Å². The molecule has 2 rings (SSSR count). The van der Waals surface area contributed by atoms with Crippen molar-refractivity contribution in [2.45, 2.75) is 13.0 Å². The smallest absolute Gasteiger partial charge is 0.0933 e. The van der Waals surface area contributed by atoms with Crippen LogP contribution in [0.4, 0.5) is 5.69 Å². The molecule has 0 fully saturated rings. The van der Waals surface area contributed by atoms with Gasteiger partial charge in [0.05, 0.1) is 11.2 Å². The molecule has 0 aliphatic carbocycles. The fraction of sp³-hybridized carbons (Fsp3) is 0.250. The molecule has 3 nitrogen and oxygen atoms in total. The molecule has 3 heteroatoms. The number of fused-ring (bicyclic) bond motifs is 1. The van der Waals surface area contributed by atoms with Crippen LogP contribution < -0.4 is 11.1 Å². The average Bonchev–Trinajstić information content (AvgIpc) is 2.29. The number of anilines is 1. The SMILES string of the molecule is CC(CN)Nc1cccc2cccnc12. The summed E-state index contributed by atoms with van der Waals surface area (Å²) in [5, 5.41) is 4.49. The highest BCUT2D eigenvalue weighted by Gasteiger charge is 2.03. The lowest BCUT2D eigenvalue weighted by atomic mass is 10.2. The number of pyridine rings is 1. The standard InChI is InChI=1S/C12H15N3/c1-9(8-13)15-11-6-2-4-10-5-3-7-14-12(10)11/h2-7,9,15H,8,13H2,1H3. The van der Waals surface area contributed by atoms with E-state index in [4.69, 9.17) is 5.73 Å². The van der Waals surface area contributed by atoms with E-state index in [1.165, 1.54) is 0 Å². The first-order chi connectivity index (χ1) is 7.31. The van der Waals surface area contributed by atoms with E-state index < -0.39 is 0 Å². The van der Waals surface area contributed by atoms with E-state index in [0.29, 0.717) is 6.54 Å². The summed E-state index contributed by atoms with van der Waals surface area (Å²) < 4.78 is 0. The Morgan fingerprint density at radius 1 is 1.33 bits per heavy atom. The van der Waals surface area contributed by atoms with Crippen molar-refractivity contribution in [2.24, 2.45) is 5.73 Å². The van der Waals surface area contributed by atoms with Crippen molar-refractivity contribution in [1.29, 1.82) is 0 Å². The van der Waals surface area contributed by atoms with Crippen molar-refractivity contribution in [2.75, 3.05) is 11.9 Å². The third-order valence-corrected chi connectivity index (χ3v) is 2.39. The molecule has 1 aromatic carbocycles. The number of para-hydroxylation sites is 1. The topological polar surface area (TPSA) is 50.9 Å². The van der Waals surface area contributed by atoms with Crippen molar-refractivity contribution in [1.82, 2.24) is 4.98 Å². The quantitative estimate of drug-likeness (QED) is 0.798. The lowest BCUT2D eigenvalue weighted by molar-refractivity contribution is 0.805. The number of aromatic nitrogens is 1. The maximum absolute atomic E-state index is 5.58. The summed E-state index contributed by atoms with van der Waals surface area (Å²) in [6, 6.07) is 10.4.